The maximum Gasteiger partial charge on any atom is 0.433 e. The Labute approximate surface area is 125 Å². The predicted molar refractivity (Wildman–Crippen MR) is 73.5 cm³/mol. The van der Waals surface area contributed by atoms with Gasteiger partial charge in [-0.2, -0.15) is 13.2 Å². The van der Waals surface area contributed by atoms with E-state index in [1.54, 1.807) is 6.92 Å². The van der Waals surface area contributed by atoms with E-state index in [1.807, 2.05) is 0 Å². The van der Waals surface area contributed by atoms with Crippen LogP contribution in [-0.4, -0.2) is 19.4 Å². The topological polar surface area (TPSA) is 47.6 Å². The fraction of sp³-hybridized carbons (Fsp3) is 0.400. The highest BCUT2D eigenvalue weighted by atomic mass is 19.4. The summed E-state index contributed by atoms with van der Waals surface area (Å²) in [5.74, 6) is 5.24. The Kier molecular flexibility index (Phi) is 4.22. The number of carbonyl (C=O) groups is 1. The Hall–Kier alpha value is -2.36. The number of halogens is 3. The van der Waals surface area contributed by atoms with E-state index in [4.69, 9.17) is 4.74 Å². The van der Waals surface area contributed by atoms with Crippen LogP contribution >= 0.6 is 0 Å². The Balaban J connectivity index is 2.65. The number of rotatable bonds is 2. The van der Waals surface area contributed by atoms with Crippen LogP contribution in [0.2, 0.25) is 0 Å². The van der Waals surface area contributed by atoms with Crippen LogP contribution in [0.3, 0.4) is 0 Å². The molecule has 0 aliphatic carbocycles. The zero-order chi connectivity index (χ0) is 16.4. The van der Waals surface area contributed by atoms with Crippen LogP contribution in [0.4, 0.5) is 23.7 Å². The molecule has 0 aromatic heterocycles. The lowest BCUT2D eigenvalue weighted by atomic mass is 9.87. The Bertz CT molecular complexity index is 646. The summed E-state index contributed by atoms with van der Waals surface area (Å²) in [6, 6.07) is 4.02. The van der Waals surface area contributed by atoms with Crippen LogP contribution in [0, 0.1) is 11.8 Å². The lowest BCUT2D eigenvalue weighted by Crippen LogP contribution is -2.50. The van der Waals surface area contributed by atoms with Crippen molar-refractivity contribution in [3.8, 4) is 17.6 Å². The van der Waals surface area contributed by atoms with Crippen molar-refractivity contribution < 1.29 is 27.4 Å². The highest BCUT2D eigenvalue weighted by Crippen LogP contribution is 2.50. The molecule has 0 saturated carbocycles. The Morgan fingerprint density at radius 3 is 2.68 bits per heavy atom. The number of benzene rings is 1. The van der Waals surface area contributed by atoms with Crippen molar-refractivity contribution in [3.05, 3.63) is 23.8 Å². The second kappa shape index (κ2) is 5.79. The molecule has 1 N–H and O–H groups in total. The maximum absolute atomic E-state index is 13.7. The fourth-order valence-corrected chi connectivity index (χ4v) is 2.20. The van der Waals surface area contributed by atoms with Crippen molar-refractivity contribution >= 4 is 11.8 Å². The quantitative estimate of drug-likeness (QED) is 0.844. The minimum Gasteiger partial charge on any atom is -0.497 e. The van der Waals surface area contributed by atoms with Crippen LogP contribution < -0.4 is 10.1 Å². The van der Waals surface area contributed by atoms with Gasteiger partial charge in [-0.3, -0.25) is 5.32 Å². The van der Waals surface area contributed by atoms with Crippen molar-refractivity contribution in [2.45, 2.75) is 31.5 Å². The van der Waals surface area contributed by atoms with E-state index in [0.717, 1.165) is 0 Å². The normalized spacial score (nSPS) is 20.1. The van der Waals surface area contributed by atoms with Crippen LogP contribution in [0.15, 0.2) is 18.2 Å². The van der Waals surface area contributed by atoms with Gasteiger partial charge in [-0.1, -0.05) is 12.8 Å². The number of carbonyl (C=O) groups excluding carboxylic acids is 1. The summed E-state index contributed by atoms with van der Waals surface area (Å²) in [5, 5.41) is 2.26. The molecule has 118 valence electrons. The van der Waals surface area contributed by atoms with Gasteiger partial charge in [0.2, 0.25) is 5.60 Å². The number of anilines is 1. The molecule has 22 heavy (non-hydrogen) atoms. The third-order valence-corrected chi connectivity index (χ3v) is 3.26. The van der Waals surface area contributed by atoms with Crippen LogP contribution in [-0.2, 0) is 10.3 Å². The van der Waals surface area contributed by atoms with Gasteiger partial charge in [-0.05, 0) is 18.2 Å². The highest BCUT2D eigenvalue weighted by Gasteiger charge is 2.62. The van der Waals surface area contributed by atoms with Gasteiger partial charge in [0.15, 0.2) is 0 Å². The third-order valence-electron chi connectivity index (χ3n) is 3.26. The van der Waals surface area contributed by atoms with E-state index in [9.17, 15) is 18.0 Å². The van der Waals surface area contributed by atoms with E-state index in [2.05, 4.69) is 21.9 Å². The number of cyclic esters (lactones) is 1. The molecule has 1 aliphatic rings. The largest absolute Gasteiger partial charge is 0.497 e. The standard InChI is InChI=1S/C15H14F3NO3/c1-3-4-5-8-14(15(16,17)18)11-9-10(21-2)6-7-12(11)19-13(20)22-14/h6-7,9H,3,8H2,1-2H3,(H,19,20). The fourth-order valence-electron chi connectivity index (χ4n) is 2.20. The van der Waals surface area contributed by atoms with Gasteiger partial charge in [0.1, 0.15) is 5.75 Å². The lowest BCUT2D eigenvalue weighted by molar-refractivity contribution is -0.262. The number of methoxy groups -OCH3 is 1. The van der Waals surface area contributed by atoms with Crippen molar-refractivity contribution in [2.24, 2.45) is 0 Å². The molecule has 1 aliphatic heterocycles. The monoisotopic (exact) mass is 313 g/mol. The van der Waals surface area contributed by atoms with Crippen molar-refractivity contribution in [2.75, 3.05) is 12.4 Å². The van der Waals surface area contributed by atoms with E-state index < -0.39 is 24.3 Å². The van der Waals surface area contributed by atoms with Crippen LogP contribution in [0.1, 0.15) is 25.3 Å². The first-order chi connectivity index (χ1) is 10.3. The molecule has 7 heteroatoms. The third kappa shape index (κ3) is 2.69. The summed E-state index contributed by atoms with van der Waals surface area (Å²) in [6.07, 6.45) is -6.23. The van der Waals surface area contributed by atoms with Crippen LogP contribution in [0.5, 0.6) is 5.75 Å². The number of ether oxygens (including phenoxy) is 2. The molecule has 0 fully saturated rings. The van der Waals surface area contributed by atoms with E-state index in [1.165, 1.54) is 25.3 Å². The minimum atomic E-state index is -4.81. The summed E-state index contributed by atoms with van der Waals surface area (Å²) in [6.45, 7) is 1.72. The molecule has 1 heterocycles. The lowest BCUT2D eigenvalue weighted by Gasteiger charge is -2.38. The molecule has 0 radical (unpaired) electrons. The summed E-state index contributed by atoms with van der Waals surface area (Å²) < 4.78 is 50.7. The Morgan fingerprint density at radius 1 is 1.36 bits per heavy atom. The van der Waals surface area contributed by atoms with Gasteiger partial charge in [0.05, 0.1) is 19.2 Å². The summed E-state index contributed by atoms with van der Waals surface area (Å²) >= 11 is 0. The van der Waals surface area contributed by atoms with Crippen molar-refractivity contribution in [3.63, 3.8) is 0 Å². The smallest absolute Gasteiger partial charge is 0.433 e. The first-order valence-corrected chi connectivity index (χ1v) is 6.55. The van der Waals surface area contributed by atoms with E-state index in [-0.39, 0.29) is 17.0 Å². The molecule has 4 nitrogen and oxygen atoms in total. The van der Waals surface area contributed by atoms with Gasteiger partial charge in [0.25, 0.3) is 0 Å². The molecule has 0 saturated heterocycles. The van der Waals surface area contributed by atoms with Gasteiger partial charge in [-0.25, -0.2) is 4.79 Å². The van der Waals surface area contributed by atoms with Gasteiger partial charge < -0.3 is 9.47 Å². The first-order valence-electron chi connectivity index (χ1n) is 6.55. The first kappa shape index (κ1) is 16.0. The minimum absolute atomic E-state index is 0.0349. The number of hydrogen-bond acceptors (Lipinski definition) is 3. The molecule has 1 amide bonds. The molecule has 1 aromatic carbocycles. The molecule has 1 atom stereocenters. The molecule has 1 unspecified atom stereocenters. The van der Waals surface area contributed by atoms with E-state index >= 15 is 0 Å². The molecule has 1 aromatic rings. The van der Waals surface area contributed by atoms with Gasteiger partial charge in [0, 0.05) is 12.0 Å². The average Bonchev–Trinajstić information content (AvgIpc) is 2.45. The second-order valence-electron chi connectivity index (χ2n) is 4.63. The second-order valence-corrected chi connectivity index (χ2v) is 4.63. The molecule has 2 rings (SSSR count). The average molecular weight is 313 g/mol. The maximum atomic E-state index is 13.7. The number of fused-ring (bicyclic) bond motifs is 1. The zero-order valence-corrected chi connectivity index (χ0v) is 12.0. The highest BCUT2D eigenvalue weighted by molar-refractivity contribution is 5.89. The van der Waals surface area contributed by atoms with Crippen molar-refractivity contribution in [1.82, 2.24) is 0 Å². The number of hydrogen-bond donors (Lipinski definition) is 1. The number of amides is 1. The SMILES string of the molecule is CCC#CCC1(C(F)(F)F)OC(=O)Nc2ccc(OC)cc21. The summed E-state index contributed by atoms with van der Waals surface area (Å²) in [5.41, 5.74) is -2.99. The summed E-state index contributed by atoms with van der Waals surface area (Å²) in [4.78, 5) is 11.6. The molecule has 0 bridgehead atoms. The Morgan fingerprint density at radius 2 is 2.09 bits per heavy atom. The van der Waals surface area contributed by atoms with Gasteiger partial charge in [-0.15, -0.1) is 5.92 Å². The predicted octanol–water partition coefficient (Wildman–Crippen LogP) is 3.82. The number of alkyl halides is 3. The van der Waals surface area contributed by atoms with Crippen LogP contribution in [0.25, 0.3) is 0 Å². The summed E-state index contributed by atoms with van der Waals surface area (Å²) in [7, 11) is 1.34. The van der Waals surface area contributed by atoms with Crippen molar-refractivity contribution in [1.29, 1.82) is 0 Å². The number of nitrogens with one attached hydrogen (secondary N) is 1. The zero-order valence-electron chi connectivity index (χ0n) is 12.0. The molecule has 0 spiro atoms. The molecular weight excluding hydrogens is 299 g/mol. The van der Waals surface area contributed by atoms with E-state index in [0.29, 0.717) is 6.42 Å². The molecular formula is C15H14F3NO3. The van der Waals surface area contributed by atoms with Gasteiger partial charge >= 0.3 is 12.3 Å².